The molecule has 1 heterocycles. The zero-order valence-corrected chi connectivity index (χ0v) is 11.4. The van der Waals surface area contributed by atoms with Gasteiger partial charge in [-0.1, -0.05) is 26.7 Å². The molecule has 4 heteroatoms. The highest BCUT2D eigenvalue weighted by Gasteiger charge is 2.26. The highest BCUT2D eigenvalue weighted by molar-refractivity contribution is 4.83. The molecule has 4 nitrogen and oxygen atoms in total. The zero-order chi connectivity index (χ0) is 13.0. The summed E-state index contributed by atoms with van der Waals surface area (Å²) in [5.74, 6) is 1.50. The van der Waals surface area contributed by atoms with E-state index in [0.29, 0.717) is 25.0 Å². The molecule has 2 N–H and O–H groups in total. The van der Waals surface area contributed by atoms with Crippen LogP contribution in [0.15, 0.2) is 18.5 Å². The Morgan fingerprint density at radius 1 is 1.44 bits per heavy atom. The first-order valence-electron chi connectivity index (χ1n) is 7.05. The van der Waals surface area contributed by atoms with Gasteiger partial charge in [0.1, 0.15) is 0 Å². The summed E-state index contributed by atoms with van der Waals surface area (Å²) in [5, 5.41) is 17.6. The third-order valence-corrected chi connectivity index (χ3v) is 4.28. The van der Waals surface area contributed by atoms with Gasteiger partial charge in [0.2, 0.25) is 0 Å². The summed E-state index contributed by atoms with van der Waals surface area (Å²) in [6.07, 6.45) is 7.14. The molecule has 0 spiro atoms. The SMILES string of the molecule is CC1CCCC(NCC(O)Cn2cccn2)C1C. The lowest BCUT2D eigenvalue weighted by Gasteiger charge is -2.35. The van der Waals surface area contributed by atoms with Crippen molar-refractivity contribution in [2.75, 3.05) is 6.54 Å². The van der Waals surface area contributed by atoms with Crippen LogP contribution in [0.1, 0.15) is 33.1 Å². The number of nitrogens with zero attached hydrogens (tertiary/aromatic N) is 2. The Balaban J connectivity index is 1.73. The van der Waals surface area contributed by atoms with Crippen molar-refractivity contribution >= 4 is 0 Å². The molecule has 0 aliphatic heterocycles. The summed E-state index contributed by atoms with van der Waals surface area (Å²) in [7, 11) is 0. The molecule has 1 aromatic heterocycles. The van der Waals surface area contributed by atoms with E-state index in [1.165, 1.54) is 19.3 Å². The lowest BCUT2D eigenvalue weighted by Crippen LogP contribution is -2.44. The van der Waals surface area contributed by atoms with E-state index in [4.69, 9.17) is 0 Å². The summed E-state index contributed by atoms with van der Waals surface area (Å²) < 4.78 is 1.78. The zero-order valence-electron chi connectivity index (χ0n) is 11.4. The predicted octanol–water partition coefficient (Wildman–Crippen LogP) is 1.66. The lowest BCUT2D eigenvalue weighted by atomic mass is 9.78. The van der Waals surface area contributed by atoms with Gasteiger partial charge in [-0.2, -0.15) is 5.10 Å². The van der Waals surface area contributed by atoms with Gasteiger partial charge < -0.3 is 10.4 Å². The normalized spacial score (nSPS) is 30.3. The van der Waals surface area contributed by atoms with Crippen LogP contribution in [0.3, 0.4) is 0 Å². The van der Waals surface area contributed by atoms with Crippen molar-refractivity contribution in [3.8, 4) is 0 Å². The molecule has 0 saturated heterocycles. The van der Waals surface area contributed by atoms with Gasteiger partial charge in [0.05, 0.1) is 12.6 Å². The molecular formula is C14H25N3O. The molecule has 4 unspecified atom stereocenters. The fraction of sp³-hybridized carbons (Fsp3) is 0.786. The van der Waals surface area contributed by atoms with E-state index in [0.717, 1.165) is 5.92 Å². The number of aromatic nitrogens is 2. The maximum Gasteiger partial charge on any atom is 0.0860 e. The van der Waals surface area contributed by atoms with Crippen LogP contribution in [0, 0.1) is 11.8 Å². The second-order valence-corrected chi connectivity index (χ2v) is 5.66. The van der Waals surface area contributed by atoms with E-state index >= 15 is 0 Å². The van der Waals surface area contributed by atoms with Crippen molar-refractivity contribution in [1.29, 1.82) is 0 Å². The maximum absolute atomic E-state index is 9.98. The fourth-order valence-electron chi connectivity index (χ4n) is 2.85. The Kier molecular flexibility index (Phi) is 4.78. The van der Waals surface area contributed by atoms with Gasteiger partial charge in [-0.25, -0.2) is 0 Å². The van der Waals surface area contributed by atoms with Crippen LogP contribution in [-0.2, 0) is 6.54 Å². The van der Waals surface area contributed by atoms with Crippen molar-refractivity contribution in [2.24, 2.45) is 11.8 Å². The highest BCUT2D eigenvalue weighted by atomic mass is 16.3. The molecule has 0 radical (unpaired) electrons. The van der Waals surface area contributed by atoms with Gasteiger partial charge in [0.15, 0.2) is 0 Å². The molecule has 102 valence electrons. The van der Waals surface area contributed by atoms with Crippen molar-refractivity contribution in [1.82, 2.24) is 15.1 Å². The van der Waals surface area contributed by atoms with Gasteiger partial charge in [0.25, 0.3) is 0 Å². The third kappa shape index (κ3) is 3.56. The van der Waals surface area contributed by atoms with Crippen LogP contribution in [0.5, 0.6) is 0 Å². The number of aliphatic hydroxyl groups is 1. The van der Waals surface area contributed by atoms with E-state index in [1.807, 2.05) is 12.3 Å². The summed E-state index contributed by atoms with van der Waals surface area (Å²) in [6.45, 7) is 5.87. The summed E-state index contributed by atoms with van der Waals surface area (Å²) in [4.78, 5) is 0. The van der Waals surface area contributed by atoms with Gasteiger partial charge in [-0.3, -0.25) is 4.68 Å². The van der Waals surface area contributed by atoms with E-state index in [2.05, 4.69) is 24.3 Å². The first-order chi connectivity index (χ1) is 8.66. The molecule has 1 saturated carbocycles. The Labute approximate surface area is 109 Å². The summed E-state index contributed by atoms with van der Waals surface area (Å²) in [5.41, 5.74) is 0. The number of aliphatic hydroxyl groups excluding tert-OH is 1. The average Bonchev–Trinajstić information content (AvgIpc) is 2.84. The van der Waals surface area contributed by atoms with Gasteiger partial charge >= 0.3 is 0 Å². The van der Waals surface area contributed by atoms with E-state index in [1.54, 1.807) is 10.9 Å². The molecule has 0 bridgehead atoms. The van der Waals surface area contributed by atoms with Crippen LogP contribution in [0.2, 0.25) is 0 Å². The molecule has 1 fully saturated rings. The molecule has 18 heavy (non-hydrogen) atoms. The maximum atomic E-state index is 9.98. The first kappa shape index (κ1) is 13.6. The van der Waals surface area contributed by atoms with Crippen LogP contribution >= 0.6 is 0 Å². The first-order valence-corrected chi connectivity index (χ1v) is 7.05. The van der Waals surface area contributed by atoms with Crippen molar-refractivity contribution < 1.29 is 5.11 Å². The van der Waals surface area contributed by atoms with Crippen molar-refractivity contribution in [3.63, 3.8) is 0 Å². The molecule has 2 rings (SSSR count). The minimum absolute atomic E-state index is 0.366. The third-order valence-electron chi connectivity index (χ3n) is 4.28. The van der Waals surface area contributed by atoms with E-state index in [-0.39, 0.29) is 6.10 Å². The van der Waals surface area contributed by atoms with E-state index < -0.39 is 0 Å². The topological polar surface area (TPSA) is 50.1 Å². The Morgan fingerprint density at radius 2 is 2.28 bits per heavy atom. The molecule has 4 atom stereocenters. The Morgan fingerprint density at radius 3 is 3.00 bits per heavy atom. The van der Waals surface area contributed by atoms with Crippen LogP contribution in [0.25, 0.3) is 0 Å². The lowest BCUT2D eigenvalue weighted by molar-refractivity contribution is 0.126. The second-order valence-electron chi connectivity index (χ2n) is 5.66. The van der Waals surface area contributed by atoms with Crippen molar-refractivity contribution in [3.05, 3.63) is 18.5 Å². The number of rotatable bonds is 5. The Hall–Kier alpha value is -0.870. The van der Waals surface area contributed by atoms with Crippen LogP contribution < -0.4 is 5.32 Å². The van der Waals surface area contributed by atoms with E-state index in [9.17, 15) is 5.11 Å². The molecule has 1 aliphatic rings. The monoisotopic (exact) mass is 251 g/mol. The van der Waals surface area contributed by atoms with Crippen LogP contribution in [0.4, 0.5) is 0 Å². The highest BCUT2D eigenvalue weighted by Crippen LogP contribution is 2.29. The van der Waals surface area contributed by atoms with Crippen molar-refractivity contribution in [2.45, 2.75) is 51.8 Å². The van der Waals surface area contributed by atoms with Gasteiger partial charge in [0, 0.05) is 25.0 Å². The minimum Gasteiger partial charge on any atom is -0.390 e. The molecule has 0 amide bonds. The largest absolute Gasteiger partial charge is 0.390 e. The predicted molar refractivity (Wildman–Crippen MR) is 72.2 cm³/mol. The minimum atomic E-state index is -0.366. The average molecular weight is 251 g/mol. The fourth-order valence-corrected chi connectivity index (χ4v) is 2.85. The Bertz CT molecular complexity index is 339. The van der Waals surface area contributed by atoms with Gasteiger partial charge in [-0.05, 0) is 24.3 Å². The standard InChI is InChI=1S/C14H25N3O/c1-11-5-3-6-14(12(11)2)15-9-13(18)10-17-8-4-7-16-17/h4,7-8,11-15,18H,3,5-6,9-10H2,1-2H3. The smallest absolute Gasteiger partial charge is 0.0860 e. The number of hydrogen-bond donors (Lipinski definition) is 2. The quantitative estimate of drug-likeness (QED) is 0.837. The summed E-state index contributed by atoms with van der Waals surface area (Å²) >= 11 is 0. The number of hydrogen-bond acceptors (Lipinski definition) is 3. The molecular weight excluding hydrogens is 226 g/mol. The number of nitrogens with one attached hydrogen (secondary N) is 1. The summed E-state index contributed by atoms with van der Waals surface area (Å²) in [6, 6.07) is 2.44. The second kappa shape index (κ2) is 6.34. The van der Waals surface area contributed by atoms with Gasteiger partial charge in [-0.15, -0.1) is 0 Å². The molecule has 1 aliphatic carbocycles. The molecule has 1 aromatic rings. The molecule has 0 aromatic carbocycles. The van der Waals surface area contributed by atoms with Crippen LogP contribution in [-0.4, -0.2) is 33.6 Å².